The van der Waals surface area contributed by atoms with Crippen molar-refractivity contribution in [2.24, 2.45) is 11.8 Å². The maximum Gasteiger partial charge on any atom is -0.0345 e. The molecule has 2 unspecified atom stereocenters. The van der Waals surface area contributed by atoms with Crippen LogP contribution in [0.3, 0.4) is 0 Å². The van der Waals surface area contributed by atoms with E-state index in [1.165, 1.54) is 44.1 Å². The highest BCUT2D eigenvalue weighted by Crippen LogP contribution is 2.32. The predicted molar refractivity (Wildman–Crippen MR) is 80.3 cm³/mol. The molecule has 1 rings (SSSR count). The maximum absolute atomic E-state index is 2.44. The molecular formula is C17H32. The van der Waals surface area contributed by atoms with Gasteiger partial charge in [0.15, 0.2) is 0 Å². The van der Waals surface area contributed by atoms with Crippen molar-refractivity contribution in [1.29, 1.82) is 0 Å². The van der Waals surface area contributed by atoms with Crippen LogP contribution in [0.1, 0.15) is 73.1 Å². The van der Waals surface area contributed by atoms with E-state index >= 15 is 0 Å². The Labute approximate surface area is 109 Å². The van der Waals surface area contributed by atoms with Crippen LogP contribution < -0.4 is 0 Å². The molecule has 1 saturated carbocycles. The van der Waals surface area contributed by atoms with E-state index in [2.05, 4.69) is 39.0 Å². The van der Waals surface area contributed by atoms with E-state index in [1.54, 1.807) is 0 Å². The van der Waals surface area contributed by atoms with Crippen molar-refractivity contribution in [2.75, 3.05) is 0 Å². The Morgan fingerprint density at radius 2 is 1.82 bits per heavy atom. The first kappa shape index (κ1) is 16.5. The lowest BCUT2D eigenvalue weighted by Crippen LogP contribution is -2.16. The molecule has 0 N–H and O–H groups in total. The average Bonchev–Trinajstić information content (AvgIpc) is 2.38. The molecule has 0 radical (unpaired) electrons. The predicted octanol–water partition coefficient (Wildman–Crippen LogP) is 6.14. The summed E-state index contributed by atoms with van der Waals surface area (Å²) in [5, 5.41) is 0. The molecule has 0 nitrogen and oxygen atoms in total. The molecule has 0 saturated heterocycles. The Kier molecular flexibility index (Phi) is 10.3. The first-order valence-corrected chi connectivity index (χ1v) is 7.53. The van der Waals surface area contributed by atoms with Crippen molar-refractivity contribution in [1.82, 2.24) is 0 Å². The summed E-state index contributed by atoms with van der Waals surface area (Å²) in [6.07, 6.45) is 15.3. The third kappa shape index (κ3) is 7.41. The fourth-order valence-electron chi connectivity index (χ4n) is 2.50. The van der Waals surface area contributed by atoms with Crippen LogP contribution in [0, 0.1) is 11.8 Å². The van der Waals surface area contributed by atoms with Crippen LogP contribution in [0.2, 0.25) is 0 Å². The number of hydrogen-bond acceptors (Lipinski definition) is 0. The van der Waals surface area contributed by atoms with Gasteiger partial charge in [0.05, 0.1) is 0 Å². The zero-order valence-electron chi connectivity index (χ0n) is 12.6. The zero-order chi connectivity index (χ0) is 13.1. The minimum atomic E-state index is 0.968. The van der Waals surface area contributed by atoms with Crippen molar-refractivity contribution in [2.45, 2.75) is 73.1 Å². The van der Waals surface area contributed by atoms with Crippen molar-refractivity contribution < 1.29 is 0 Å². The SMILES string of the molecule is C/C=C(C)\C=C/CCC1CCCCC1C.CC. The van der Waals surface area contributed by atoms with Crippen LogP contribution in [-0.4, -0.2) is 0 Å². The van der Waals surface area contributed by atoms with E-state index in [0.29, 0.717) is 0 Å². The van der Waals surface area contributed by atoms with Gasteiger partial charge in [-0.2, -0.15) is 0 Å². The molecule has 100 valence electrons. The third-order valence-corrected chi connectivity index (χ3v) is 3.83. The lowest BCUT2D eigenvalue weighted by Gasteiger charge is -2.28. The fourth-order valence-corrected chi connectivity index (χ4v) is 2.50. The summed E-state index contributed by atoms with van der Waals surface area (Å²) >= 11 is 0. The summed E-state index contributed by atoms with van der Waals surface area (Å²) < 4.78 is 0. The Morgan fingerprint density at radius 1 is 1.18 bits per heavy atom. The Hall–Kier alpha value is -0.520. The Bertz CT molecular complexity index is 222. The highest BCUT2D eigenvalue weighted by atomic mass is 14.3. The molecule has 1 fully saturated rings. The van der Waals surface area contributed by atoms with Crippen LogP contribution in [0.4, 0.5) is 0 Å². The number of rotatable bonds is 4. The standard InChI is InChI=1S/C15H26.C2H6/c1-4-13(2)9-5-7-11-15-12-8-6-10-14(15)3;1-2/h4-5,9,14-15H,6-8,10-12H2,1-3H3;1-2H3/b9-5-,13-4-;. The lowest BCUT2D eigenvalue weighted by atomic mass is 9.78. The molecule has 0 amide bonds. The maximum atomic E-state index is 2.44. The fraction of sp³-hybridized carbons (Fsp3) is 0.765. The zero-order valence-corrected chi connectivity index (χ0v) is 12.6. The molecule has 0 aromatic carbocycles. The first-order valence-electron chi connectivity index (χ1n) is 7.53. The normalized spacial score (nSPS) is 25.6. The molecule has 1 aliphatic rings. The van der Waals surface area contributed by atoms with E-state index in [1.807, 2.05) is 13.8 Å². The highest BCUT2D eigenvalue weighted by Gasteiger charge is 2.19. The van der Waals surface area contributed by atoms with Crippen LogP contribution >= 0.6 is 0 Å². The van der Waals surface area contributed by atoms with E-state index in [-0.39, 0.29) is 0 Å². The van der Waals surface area contributed by atoms with Gasteiger partial charge in [-0.05, 0) is 38.5 Å². The second-order valence-electron chi connectivity index (χ2n) is 5.03. The number of hydrogen-bond donors (Lipinski definition) is 0. The summed E-state index contributed by atoms with van der Waals surface area (Å²) in [5.74, 6) is 1.96. The molecular weight excluding hydrogens is 204 g/mol. The summed E-state index contributed by atoms with van der Waals surface area (Å²) in [6, 6.07) is 0. The molecule has 0 bridgehead atoms. The second-order valence-corrected chi connectivity index (χ2v) is 5.03. The topological polar surface area (TPSA) is 0 Å². The Balaban J connectivity index is 0.00000121. The van der Waals surface area contributed by atoms with Crippen LogP contribution in [0.25, 0.3) is 0 Å². The second kappa shape index (κ2) is 10.6. The van der Waals surface area contributed by atoms with Crippen molar-refractivity contribution in [3.05, 3.63) is 23.8 Å². The molecule has 0 aliphatic heterocycles. The smallest absolute Gasteiger partial charge is 0.0345 e. The van der Waals surface area contributed by atoms with Gasteiger partial charge < -0.3 is 0 Å². The van der Waals surface area contributed by atoms with E-state index in [9.17, 15) is 0 Å². The van der Waals surface area contributed by atoms with Gasteiger partial charge in [-0.3, -0.25) is 0 Å². The average molecular weight is 236 g/mol. The minimum Gasteiger partial charge on any atom is -0.0847 e. The van der Waals surface area contributed by atoms with Crippen LogP contribution in [-0.2, 0) is 0 Å². The monoisotopic (exact) mass is 236 g/mol. The lowest BCUT2D eigenvalue weighted by molar-refractivity contribution is 0.243. The summed E-state index contributed by atoms with van der Waals surface area (Å²) in [6.45, 7) is 10.7. The van der Waals surface area contributed by atoms with Crippen molar-refractivity contribution in [3.63, 3.8) is 0 Å². The van der Waals surface area contributed by atoms with Crippen molar-refractivity contribution >= 4 is 0 Å². The van der Waals surface area contributed by atoms with Gasteiger partial charge in [0.1, 0.15) is 0 Å². The number of allylic oxidation sites excluding steroid dienone is 4. The molecule has 0 aromatic rings. The van der Waals surface area contributed by atoms with E-state index in [0.717, 1.165) is 11.8 Å². The molecule has 0 heterocycles. The van der Waals surface area contributed by atoms with Gasteiger partial charge in [-0.15, -0.1) is 0 Å². The van der Waals surface area contributed by atoms with Gasteiger partial charge in [0, 0.05) is 0 Å². The Morgan fingerprint density at radius 3 is 2.41 bits per heavy atom. The van der Waals surface area contributed by atoms with Gasteiger partial charge in [0.2, 0.25) is 0 Å². The van der Waals surface area contributed by atoms with Gasteiger partial charge >= 0.3 is 0 Å². The summed E-state index contributed by atoms with van der Waals surface area (Å²) in [4.78, 5) is 0. The molecule has 2 atom stereocenters. The highest BCUT2D eigenvalue weighted by molar-refractivity contribution is 5.14. The largest absolute Gasteiger partial charge is 0.0847 e. The van der Waals surface area contributed by atoms with E-state index in [4.69, 9.17) is 0 Å². The summed E-state index contributed by atoms with van der Waals surface area (Å²) in [7, 11) is 0. The quantitative estimate of drug-likeness (QED) is 0.514. The van der Waals surface area contributed by atoms with Gasteiger partial charge in [-0.25, -0.2) is 0 Å². The summed E-state index contributed by atoms with van der Waals surface area (Å²) in [5.41, 5.74) is 1.38. The van der Waals surface area contributed by atoms with Crippen molar-refractivity contribution in [3.8, 4) is 0 Å². The molecule has 1 aliphatic carbocycles. The molecule has 17 heavy (non-hydrogen) atoms. The molecule has 0 aromatic heterocycles. The van der Waals surface area contributed by atoms with Gasteiger partial charge in [-0.1, -0.05) is 70.3 Å². The minimum absolute atomic E-state index is 0.968. The molecule has 0 heteroatoms. The van der Waals surface area contributed by atoms with Crippen LogP contribution in [0.15, 0.2) is 23.8 Å². The van der Waals surface area contributed by atoms with Gasteiger partial charge in [0.25, 0.3) is 0 Å². The first-order chi connectivity index (χ1) is 8.24. The van der Waals surface area contributed by atoms with E-state index < -0.39 is 0 Å². The van der Waals surface area contributed by atoms with Crippen LogP contribution in [0.5, 0.6) is 0 Å². The molecule has 0 spiro atoms. The third-order valence-electron chi connectivity index (χ3n) is 3.83.